The Bertz CT molecular complexity index is 947. The molecule has 1 saturated heterocycles. The molecule has 2 heterocycles. The van der Waals surface area contributed by atoms with Gasteiger partial charge in [-0.15, -0.1) is 0 Å². The van der Waals surface area contributed by atoms with Crippen LogP contribution in [0.1, 0.15) is 36.8 Å². The molecule has 0 saturated carbocycles. The lowest BCUT2D eigenvalue weighted by atomic mass is 9.72. The summed E-state index contributed by atoms with van der Waals surface area (Å²) < 4.78 is 5.32. The van der Waals surface area contributed by atoms with Gasteiger partial charge in [0, 0.05) is 18.7 Å². The zero-order valence-corrected chi connectivity index (χ0v) is 17.8. The van der Waals surface area contributed by atoms with E-state index in [-0.39, 0.29) is 35.5 Å². The minimum absolute atomic E-state index is 0.0722. The van der Waals surface area contributed by atoms with Gasteiger partial charge in [0.1, 0.15) is 5.69 Å². The first-order valence-corrected chi connectivity index (χ1v) is 10.8. The highest BCUT2D eigenvalue weighted by Crippen LogP contribution is 2.40. The summed E-state index contributed by atoms with van der Waals surface area (Å²) in [6.45, 7) is 7.54. The lowest BCUT2D eigenvalue weighted by Crippen LogP contribution is -2.37. The lowest BCUT2D eigenvalue weighted by molar-refractivity contribution is -0.152. The number of nitrogens with one attached hydrogen (secondary N) is 1. The van der Waals surface area contributed by atoms with E-state index in [4.69, 9.17) is 4.74 Å². The van der Waals surface area contributed by atoms with Gasteiger partial charge < -0.3 is 9.64 Å². The largest absolute Gasteiger partial charge is 0.466 e. The third-order valence-electron chi connectivity index (χ3n) is 6.41. The van der Waals surface area contributed by atoms with Crippen molar-refractivity contribution in [2.75, 3.05) is 19.7 Å². The van der Waals surface area contributed by atoms with Gasteiger partial charge in [-0.3, -0.25) is 14.7 Å². The highest BCUT2D eigenvalue weighted by atomic mass is 16.5. The number of amides is 1. The number of aromatic nitrogens is 2. The summed E-state index contributed by atoms with van der Waals surface area (Å²) in [5.41, 5.74) is 3.49. The van der Waals surface area contributed by atoms with Gasteiger partial charge in [-0.1, -0.05) is 50.3 Å². The first kappa shape index (κ1) is 20.4. The van der Waals surface area contributed by atoms with Crippen molar-refractivity contribution in [3.05, 3.63) is 53.7 Å². The van der Waals surface area contributed by atoms with Crippen LogP contribution in [0.4, 0.5) is 0 Å². The van der Waals surface area contributed by atoms with Gasteiger partial charge in [0.2, 0.25) is 0 Å². The number of rotatable bonds is 5. The van der Waals surface area contributed by atoms with Crippen LogP contribution in [0.25, 0.3) is 11.3 Å². The van der Waals surface area contributed by atoms with Crippen LogP contribution in [0.3, 0.4) is 0 Å². The number of H-pyrrole nitrogens is 1. The van der Waals surface area contributed by atoms with Crippen molar-refractivity contribution < 1.29 is 14.3 Å². The van der Waals surface area contributed by atoms with Gasteiger partial charge in [-0.2, -0.15) is 5.10 Å². The molecule has 6 heteroatoms. The van der Waals surface area contributed by atoms with Crippen LogP contribution in [0.5, 0.6) is 0 Å². The number of aromatic amines is 1. The Kier molecular flexibility index (Phi) is 5.75. The number of esters is 1. The molecule has 1 aliphatic carbocycles. The molecule has 6 nitrogen and oxygen atoms in total. The summed E-state index contributed by atoms with van der Waals surface area (Å²) in [7, 11) is 0. The zero-order chi connectivity index (χ0) is 21.3. The predicted molar refractivity (Wildman–Crippen MR) is 115 cm³/mol. The van der Waals surface area contributed by atoms with E-state index in [0.717, 1.165) is 17.7 Å². The van der Waals surface area contributed by atoms with Crippen molar-refractivity contribution in [3.63, 3.8) is 0 Å². The number of likely N-dealkylation sites (tertiary alicyclic amines) is 1. The maximum atomic E-state index is 13.1. The molecule has 4 atom stereocenters. The summed E-state index contributed by atoms with van der Waals surface area (Å²) in [6, 6.07) is 10.0. The van der Waals surface area contributed by atoms with Gasteiger partial charge in [-0.05, 0) is 42.7 Å². The van der Waals surface area contributed by atoms with Gasteiger partial charge in [0.15, 0.2) is 0 Å². The lowest BCUT2D eigenvalue weighted by Gasteiger charge is -2.31. The van der Waals surface area contributed by atoms with Crippen LogP contribution in [0, 0.1) is 23.7 Å². The van der Waals surface area contributed by atoms with Crippen LogP contribution in [0.2, 0.25) is 0 Å². The maximum Gasteiger partial charge on any atom is 0.309 e. The average molecular weight is 408 g/mol. The Morgan fingerprint density at radius 2 is 1.93 bits per heavy atom. The zero-order valence-electron chi connectivity index (χ0n) is 17.8. The minimum Gasteiger partial charge on any atom is -0.466 e. The topological polar surface area (TPSA) is 75.3 Å². The number of ether oxygens (including phenoxy) is 1. The molecular formula is C24H29N3O3. The fraction of sp³-hybridized carbons (Fsp3) is 0.458. The number of nitrogens with zero attached hydrogens (tertiary/aromatic N) is 2. The fourth-order valence-electron chi connectivity index (χ4n) is 4.72. The smallest absolute Gasteiger partial charge is 0.309 e. The molecule has 0 bridgehead atoms. The van der Waals surface area contributed by atoms with Crippen molar-refractivity contribution in [3.8, 4) is 11.3 Å². The number of allylic oxidation sites excluding steroid dienone is 1. The quantitative estimate of drug-likeness (QED) is 0.606. The van der Waals surface area contributed by atoms with Gasteiger partial charge in [0.25, 0.3) is 5.91 Å². The Morgan fingerprint density at radius 3 is 2.63 bits per heavy atom. The Balaban J connectivity index is 1.49. The van der Waals surface area contributed by atoms with E-state index in [2.05, 4.69) is 41.4 Å². The van der Waals surface area contributed by atoms with Crippen LogP contribution in [0.15, 0.2) is 42.5 Å². The van der Waals surface area contributed by atoms with Crippen molar-refractivity contribution in [1.82, 2.24) is 15.1 Å². The van der Waals surface area contributed by atoms with E-state index in [0.29, 0.717) is 25.4 Å². The van der Waals surface area contributed by atoms with Crippen LogP contribution in [-0.2, 0) is 16.0 Å². The number of benzene rings is 1. The molecule has 0 radical (unpaired) electrons. The summed E-state index contributed by atoms with van der Waals surface area (Å²) in [5.74, 6) is -0.0344. The van der Waals surface area contributed by atoms with E-state index in [1.807, 2.05) is 36.9 Å². The van der Waals surface area contributed by atoms with Crippen LogP contribution in [-0.4, -0.2) is 46.7 Å². The summed E-state index contributed by atoms with van der Waals surface area (Å²) in [6.07, 6.45) is 5.23. The second kappa shape index (κ2) is 8.46. The maximum absolute atomic E-state index is 13.1. The molecule has 0 spiro atoms. The van der Waals surface area contributed by atoms with Crippen molar-refractivity contribution >= 4 is 11.9 Å². The Labute approximate surface area is 177 Å². The van der Waals surface area contributed by atoms with Gasteiger partial charge >= 0.3 is 5.97 Å². The molecule has 2 aromatic rings. The first-order valence-electron chi connectivity index (χ1n) is 10.8. The summed E-state index contributed by atoms with van der Waals surface area (Å²) in [5, 5.41) is 7.25. The van der Waals surface area contributed by atoms with Crippen molar-refractivity contribution in [1.29, 1.82) is 0 Å². The Hall–Kier alpha value is -2.89. The van der Waals surface area contributed by atoms with E-state index >= 15 is 0 Å². The summed E-state index contributed by atoms with van der Waals surface area (Å²) in [4.78, 5) is 27.5. The van der Waals surface area contributed by atoms with E-state index in [9.17, 15) is 9.59 Å². The number of hydrogen-bond donors (Lipinski definition) is 1. The highest BCUT2D eigenvalue weighted by Gasteiger charge is 2.46. The highest BCUT2D eigenvalue weighted by molar-refractivity contribution is 5.93. The predicted octanol–water partition coefficient (Wildman–Crippen LogP) is 3.71. The number of hydrogen-bond acceptors (Lipinski definition) is 4. The molecule has 0 unspecified atom stereocenters. The molecule has 2 aliphatic rings. The average Bonchev–Trinajstić information content (AvgIpc) is 3.41. The molecule has 1 fully saturated rings. The molecule has 1 aliphatic heterocycles. The molecule has 1 aromatic heterocycles. The third kappa shape index (κ3) is 3.78. The van der Waals surface area contributed by atoms with Crippen LogP contribution >= 0.6 is 0 Å². The number of carbonyl (C=O) groups excluding carboxylic acids is 2. The first-order chi connectivity index (χ1) is 14.5. The molecule has 158 valence electrons. The standard InChI is InChI=1S/C24H29N3O3/c1-4-16-7-10-17(11-8-16)20-12-21(26-25-20)23(28)27-13-18-9-6-15(3)22(19(18)14-27)24(29)30-5-2/h6-12,15,18-19,22H,4-5,13-14H2,1-3H3,(H,25,26)/t15-,18-,19-,22-/m0/s1. The third-order valence-corrected chi connectivity index (χ3v) is 6.41. The van der Waals surface area contributed by atoms with E-state index in [1.54, 1.807) is 0 Å². The van der Waals surface area contributed by atoms with Gasteiger partial charge in [0.05, 0.1) is 18.2 Å². The molecular weight excluding hydrogens is 378 g/mol. The molecule has 4 rings (SSSR count). The second-order valence-corrected chi connectivity index (χ2v) is 8.28. The number of fused-ring (bicyclic) bond motifs is 1. The van der Waals surface area contributed by atoms with Crippen LogP contribution < -0.4 is 0 Å². The van der Waals surface area contributed by atoms with Crippen molar-refractivity contribution in [2.45, 2.75) is 27.2 Å². The molecule has 1 N–H and O–H groups in total. The minimum atomic E-state index is -0.202. The fourth-order valence-corrected chi connectivity index (χ4v) is 4.72. The number of carbonyl (C=O) groups is 2. The van der Waals surface area contributed by atoms with E-state index < -0.39 is 0 Å². The molecule has 30 heavy (non-hydrogen) atoms. The molecule has 1 amide bonds. The summed E-state index contributed by atoms with van der Waals surface area (Å²) >= 11 is 0. The van der Waals surface area contributed by atoms with Crippen molar-refractivity contribution in [2.24, 2.45) is 23.7 Å². The Morgan fingerprint density at radius 1 is 1.17 bits per heavy atom. The number of aryl methyl sites for hydroxylation is 1. The second-order valence-electron chi connectivity index (χ2n) is 8.28. The normalized spacial score (nSPS) is 25.2. The van der Waals surface area contributed by atoms with E-state index in [1.165, 1.54) is 5.56 Å². The molecule has 1 aromatic carbocycles. The monoisotopic (exact) mass is 407 g/mol. The SMILES string of the molecule is CCOC(=O)[C@@H]1[C@H]2CN(C(=O)c3cc(-c4ccc(CC)cc4)n[nH]3)C[C@@H]2C=C[C@@H]1C. The van der Waals surface area contributed by atoms with Gasteiger partial charge in [-0.25, -0.2) is 0 Å².